The summed E-state index contributed by atoms with van der Waals surface area (Å²) in [4.78, 5) is 45.1. The van der Waals surface area contributed by atoms with Crippen LogP contribution in [0.4, 0.5) is 14.5 Å². The Kier molecular flexibility index (Phi) is 9.62. The minimum Gasteiger partial charge on any atom is -0.493 e. The fourth-order valence-corrected chi connectivity index (χ4v) is 6.21. The van der Waals surface area contributed by atoms with Crippen molar-refractivity contribution in [2.75, 3.05) is 45.3 Å². The number of ether oxygens (including phenoxy) is 4. The topological polar surface area (TPSA) is 121 Å². The SMILES string of the molecule is COc1cc2c(Oc3ccc(NC(=O)c4c5c(cn(-c6ccc(F)cc6)c4=O)CCO5)cc3F)ccnc2cc1OCCCN1CCC(=O)CC1. The molecule has 11 nitrogen and oxygen atoms in total. The first-order chi connectivity index (χ1) is 24.8. The van der Waals surface area contributed by atoms with Gasteiger partial charge in [0.1, 0.15) is 28.7 Å². The van der Waals surface area contributed by atoms with Gasteiger partial charge in [0.15, 0.2) is 23.1 Å². The summed E-state index contributed by atoms with van der Waals surface area (Å²) in [5, 5.41) is 3.16. The average Bonchev–Trinajstić information content (AvgIpc) is 3.60. The van der Waals surface area contributed by atoms with Crippen molar-refractivity contribution in [3.05, 3.63) is 106 Å². The smallest absolute Gasteiger partial charge is 0.271 e. The number of aromatic nitrogens is 2. The molecule has 262 valence electrons. The van der Waals surface area contributed by atoms with Crippen LogP contribution in [0.1, 0.15) is 35.2 Å². The minimum atomic E-state index is -0.782. The molecule has 0 radical (unpaired) electrons. The third kappa shape index (κ3) is 7.24. The van der Waals surface area contributed by atoms with Gasteiger partial charge in [0, 0.05) is 85.7 Å². The molecule has 5 aromatic rings. The lowest BCUT2D eigenvalue weighted by molar-refractivity contribution is -0.121. The number of carbonyl (C=O) groups excluding carboxylic acids is 2. The molecule has 4 heterocycles. The third-order valence-electron chi connectivity index (χ3n) is 8.87. The largest absolute Gasteiger partial charge is 0.493 e. The number of methoxy groups -OCH3 is 1. The van der Waals surface area contributed by atoms with Crippen LogP contribution in [0.3, 0.4) is 0 Å². The van der Waals surface area contributed by atoms with E-state index in [1.54, 1.807) is 24.4 Å². The molecule has 2 aliphatic rings. The van der Waals surface area contributed by atoms with Gasteiger partial charge in [-0.15, -0.1) is 0 Å². The number of nitrogens with zero attached hydrogens (tertiary/aromatic N) is 3. The normalized spacial score (nSPS) is 14.2. The summed E-state index contributed by atoms with van der Waals surface area (Å²) < 4.78 is 53.5. The molecular weight excluding hydrogens is 662 g/mol. The Morgan fingerprint density at radius 1 is 0.941 bits per heavy atom. The number of anilines is 1. The van der Waals surface area contributed by atoms with Crippen LogP contribution in [0.15, 0.2) is 77.9 Å². The zero-order chi connectivity index (χ0) is 35.5. The summed E-state index contributed by atoms with van der Waals surface area (Å²) in [6.07, 6.45) is 5.56. The molecule has 51 heavy (non-hydrogen) atoms. The van der Waals surface area contributed by atoms with Crippen molar-refractivity contribution in [2.24, 2.45) is 0 Å². The number of hydrogen-bond donors (Lipinski definition) is 1. The molecule has 0 spiro atoms. The van der Waals surface area contributed by atoms with Gasteiger partial charge in [-0.2, -0.15) is 0 Å². The molecule has 1 saturated heterocycles. The van der Waals surface area contributed by atoms with Crippen LogP contribution in [0.2, 0.25) is 0 Å². The molecule has 0 atom stereocenters. The molecule has 2 aliphatic heterocycles. The van der Waals surface area contributed by atoms with Gasteiger partial charge >= 0.3 is 0 Å². The molecule has 1 amide bonds. The van der Waals surface area contributed by atoms with Crippen molar-refractivity contribution in [3.63, 3.8) is 0 Å². The molecule has 1 N–H and O–H groups in total. The van der Waals surface area contributed by atoms with Crippen molar-refractivity contribution in [2.45, 2.75) is 25.7 Å². The average molecular weight is 697 g/mol. The Hall–Kier alpha value is -5.82. The lowest BCUT2D eigenvalue weighted by atomic mass is 10.1. The second kappa shape index (κ2) is 14.6. The fraction of sp³-hybridized carbons (Fsp3) is 0.263. The highest BCUT2D eigenvalue weighted by Crippen LogP contribution is 2.38. The molecule has 0 saturated carbocycles. The van der Waals surface area contributed by atoms with E-state index in [4.69, 9.17) is 18.9 Å². The predicted octanol–water partition coefficient (Wildman–Crippen LogP) is 6.09. The number of likely N-dealkylation sites (tertiary alicyclic amines) is 1. The molecular formula is C38H34F2N4O7. The van der Waals surface area contributed by atoms with Gasteiger partial charge in [-0.05, 0) is 55.0 Å². The van der Waals surface area contributed by atoms with Crippen molar-refractivity contribution >= 4 is 28.3 Å². The highest BCUT2D eigenvalue weighted by molar-refractivity contribution is 6.06. The van der Waals surface area contributed by atoms with E-state index in [1.165, 1.54) is 54.3 Å². The van der Waals surface area contributed by atoms with E-state index >= 15 is 4.39 Å². The number of halogens is 2. The number of rotatable bonds is 11. The van der Waals surface area contributed by atoms with Gasteiger partial charge in [-0.1, -0.05) is 0 Å². The summed E-state index contributed by atoms with van der Waals surface area (Å²) in [5.74, 6) is -0.358. The maximum Gasteiger partial charge on any atom is 0.271 e. The zero-order valence-corrected chi connectivity index (χ0v) is 27.7. The van der Waals surface area contributed by atoms with Gasteiger partial charge < -0.3 is 29.2 Å². The number of piperidine rings is 1. The maximum atomic E-state index is 15.5. The lowest BCUT2D eigenvalue weighted by Gasteiger charge is -2.25. The second-order valence-corrected chi connectivity index (χ2v) is 12.2. The lowest BCUT2D eigenvalue weighted by Crippen LogP contribution is -2.35. The molecule has 0 unspecified atom stereocenters. The van der Waals surface area contributed by atoms with Gasteiger partial charge in [0.25, 0.3) is 11.5 Å². The molecule has 1 fully saturated rings. The molecule has 3 aromatic carbocycles. The van der Waals surface area contributed by atoms with Crippen molar-refractivity contribution in [1.82, 2.24) is 14.5 Å². The van der Waals surface area contributed by atoms with E-state index in [2.05, 4.69) is 15.2 Å². The number of nitrogens with one attached hydrogen (secondary N) is 1. The van der Waals surface area contributed by atoms with E-state index in [1.807, 2.05) is 0 Å². The van der Waals surface area contributed by atoms with Crippen LogP contribution >= 0.6 is 0 Å². The standard InChI is InChI=1S/C38H34F2N4O7/c1-48-33-20-28-30(21-34(33)49-17-2-14-43-15-10-27(45)11-16-43)41-13-9-31(28)51-32-8-5-25(19-29(32)40)42-37(46)35-36-23(12-18-50-36)22-44(38(35)47)26-6-3-24(39)4-7-26/h3-9,13,19-22H,2,10-12,14-18H2,1H3,(H,42,46). The molecule has 2 aromatic heterocycles. The van der Waals surface area contributed by atoms with Crippen molar-refractivity contribution in [1.29, 1.82) is 0 Å². The van der Waals surface area contributed by atoms with Crippen LogP contribution < -0.4 is 29.8 Å². The van der Waals surface area contributed by atoms with E-state index in [-0.39, 0.29) is 29.4 Å². The summed E-state index contributed by atoms with van der Waals surface area (Å²) in [6.45, 7) is 3.11. The van der Waals surface area contributed by atoms with E-state index in [0.717, 1.165) is 32.1 Å². The third-order valence-corrected chi connectivity index (χ3v) is 8.87. The number of carbonyl (C=O) groups is 2. The minimum absolute atomic E-state index is 0.0880. The highest BCUT2D eigenvalue weighted by Gasteiger charge is 2.27. The van der Waals surface area contributed by atoms with E-state index < -0.39 is 23.1 Å². The first-order valence-corrected chi connectivity index (χ1v) is 16.6. The fourth-order valence-electron chi connectivity index (χ4n) is 6.21. The number of benzene rings is 3. The predicted molar refractivity (Wildman–Crippen MR) is 185 cm³/mol. The summed E-state index contributed by atoms with van der Waals surface area (Å²) in [6, 6.07) is 14.3. The Morgan fingerprint density at radius 3 is 2.51 bits per heavy atom. The Morgan fingerprint density at radius 2 is 1.75 bits per heavy atom. The molecule has 0 aliphatic carbocycles. The Balaban J connectivity index is 1.06. The van der Waals surface area contributed by atoms with Gasteiger partial charge in [0.05, 0.1) is 25.8 Å². The van der Waals surface area contributed by atoms with E-state index in [9.17, 15) is 18.8 Å². The van der Waals surface area contributed by atoms with Crippen LogP contribution in [0.25, 0.3) is 16.6 Å². The van der Waals surface area contributed by atoms with Gasteiger partial charge in [-0.3, -0.25) is 23.9 Å². The molecule has 13 heteroatoms. The number of hydrogen-bond acceptors (Lipinski definition) is 9. The number of fused-ring (bicyclic) bond motifs is 2. The first kappa shape index (κ1) is 33.7. The first-order valence-electron chi connectivity index (χ1n) is 16.6. The highest BCUT2D eigenvalue weighted by atomic mass is 19.1. The van der Waals surface area contributed by atoms with Gasteiger partial charge in [0.2, 0.25) is 0 Å². The number of pyridine rings is 2. The van der Waals surface area contributed by atoms with E-state index in [0.29, 0.717) is 71.1 Å². The van der Waals surface area contributed by atoms with Crippen LogP contribution in [-0.2, 0) is 11.2 Å². The number of amides is 1. The van der Waals surface area contributed by atoms with Crippen molar-refractivity contribution < 1.29 is 37.3 Å². The van der Waals surface area contributed by atoms with Crippen LogP contribution in [0.5, 0.6) is 28.7 Å². The molecule has 7 rings (SSSR count). The summed E-state index contributed by atoms with van der Waals surface area (Å²) in [7, 11) is 1.52. The number of Topliss-reactive ketones (excluding diaryl/α,β-unsaturated/α-hetero) is 1. The maximum absolute atomic E-state index is 15.5. The quantitative estimate of drug-likeness (QED) is 0.164. The van der Waals surface area contributed by atoms with Crippen LogP contribution in [-0.4, -0.2) is 66.1 Å². The second-order valence-electron chi connectivity index (χ2n) is 12.2. The van der Waals surface area contributed by atoms with Crippen LogP contribution in [0, 0.1) is 11.6 Å². The monoisotopic (exact) mass is 696 g/mol. The zero-order valence-electron chi connectivity index (χ0n) is 27.7. The molecule has 0 bridgehead atoms. The summed E-state index contributed by atoms with van der Waals surface area (Å²) >= 11 is 0. The summed E-state index contributed by atoms with van der Waals surface area (Å²) in [5.41, 5.74) is 0.758. The van der Waals surface area contributed by atoms with Crippen molar-refractivity contribution in [3.8, 4) is 34.4 Å². The Bertz CT molecular complexity index is 2180. The number of ketones is 1. The Labute approximate surface area is 291 Å². The van der Waals surface area contributed by atoms with Gasteiger partial charge in [-0.25, -0.2) is 8.78 Å².